The molecule has 0 saturated carbocycles. The third kappa shape index (κ3) is 49.5. The lowest BCUT2D eigenvalue weighted by atomic mass is 9.81. The molecule has 0 aliphatic heterocycles. The third-order valence-corrected chi connectivity index (χ3v) is 3.25. The van der Waals surface area contributed by atoms with Gasteiger partial charge in [-0.25, -0.2) is 0 Å². The van der Waals surface area contributed by atoms with Crippen molar-refractivity contribution in [2.45, 2.75) is 136 Å². The molecule has 24 heavy (non-hydrogen) atoms. The van der Waals surface area contributed by atoms with Crippen molar-refractivity contribution in [3.8, 4) is 0 Å². The smallest absolute Gasteiger partial charge is 0.0382 e. The summed E-state index contributed by atoms with van der Waals surface area (Å²) in [6, 6.07) is 0. The lowest BCUT2D eigenvalue weighted by Crippen LogP contribution is -2.12. The average Bonchev–Trinajstić information content (AvgIpc) is 2.37. The quantitative estimate of drug-likeness (QED) is 0.467. The molecule has 0 unspecified atom stereocenters. The van der Waals surface area contributed by atoms with Gasteiger partial charge in [-0.3, -0.25) is 0 Å². The van der Waals surface area contributed by atoms with E-state index in [1.807, 2.05) is 27.7 Å². The van der Waals surface area contributed by atoms with Crippen LogP contribution in [-0.4, -0.2) is 0 Å². The molecule has 0 amide bonds. The van der Waals surface area contributed by atoms with Crippen LogP contribution >= 0.6 is 0 Å². The number of hydrogen-bond acceptors (Lipinski definition) is 0. The second kappa shape index (κ2) is 14.2. The Morgan fingerprint density at radius 2 is 0.375 bits per heavy atom. The zero-order valence-corrected chi connectivity index (χ0v) is 20.8. The Hall–Kier alpha value is 0. The van der Waals surface area contributed by atoms with E-state index in [1.54, 1.807) is 0 Å². The van der Waals surface area contributed by atoms with Crippen molar-refractivity contribution in [1.29, 1.82) is 0 Å². The zero-order chi connectivity index (χ0) is 20.8. The predicted octanol–water partition coefficient (Wildman–Crippen LogP) is 9.77. The third-order valence-electron chi connectivity index (χ3n) is 3.25. The zero-order valence-electron chi connectivity index (χ0n) is 20.8. The van der Waals surface area contributed by atoms with Crippen LogP contribution in [0.25, 0.3) is 0 Å². The van der Waals surface area contributed by atoms with Crippen LogP contribution in [0.5, 0.6) is 0 Å². The van der Waals surface area contributed by atoms with E-state index >= 15 is 0 Å². The first-order chi connectivity index (χ1) is 10.4. The Morgan fingerprint density at radius 1 is 0.292 bits per heavy atom. The van der Waals surface area contributed by atoms with E-state index < -0.39 is 0 Å². The summed E-state index contributed by atoms with van der Waals surface area (Å²) in [5, 5.41) is 0. The summed E-state index contributed by atoms with van der Waals surface area (Å²) in [4.78, 5) is 0. The minimum absolute atomic E-state index is 0.507. The summed E-state index contributed by atoms with van der Waals surface area (Å²) in [6.07, 6.45) is 5.32. The summed E-state index contributed by atoms with van der Waals surface area (Å²) in [5.41, 5.74) is 2.03. The monoisotopic (exact) mass is 344 g/mol. The van der Waals surface area contributed by atoms with Gasteiger partial charge in [-0.05, 0) is 47.3 Å². The highest BCUT2D eigenvalue weighted by Gasteiger charge is 2.17. The van der Waals surface area contributed by atoms with Crippen molar-refractivity contribution in [2.75, 3.05) is 0 Å². The first-order valence-corrected chi connectivity index (χ1v) is 10.4. The highest BCUT2D eigenvalue weighted by Crippen LogP contribution is 2.30. The first kappa shape index (κ1) is 31.7. The van der Waals surface area contributed by atoms with Gasteiger partial charge in [0.25, 0.3) is 0 Å². The van der Waals surface area contributed by atoms with E-state index in [0.29, 0.717) is 21.7 Å². The molecule has 0 heteroatoms. The van der Waals surface area contributed by atoms with Gasteiger partial charge in [-0.15, -0.1) is 0 Å². The summed E-state index contributed by atoms with van der Waals surface area (Å²) in [5.74, 6) is 0. The molecule has 0 saturated heterocycles. The highest BCUT2D eigenvalue weighted by atomic mass is 14.2. The number of rotatable bonds is 2. The molecule has 0 rings (SSSR count). The molecule has 0 heterocycles. The van der Waals surface area contributed by atoms with Crippen LogP contribution < -0.4 is 0 Å². The molecule has 152 valence electrons. The molecule has 0 atom stereocenters. The topological polar surface area (TPSA) is 0 Å². The van der Waals surface area contributed by atoms with Crippen molar-refractivity contribution in [3.63, 3.8) is 0 Å². The molecule has 0 spiro atoms. The van der Waals surface area contributed by atoms with Crippen LogP contribution in [0, 0.1) is 21.7 Å². The van der Waals surface area contributed by atoms with Crippen LogP contribution in [-0.2, 0) is 0 Å². The Balaban J connectivity index is -0.000000138. The Kier molecular flexibility index (Phi) is 18.8. The molecule has 0 aromatic rings. The van der Waals surface area contributed by atoms with Gasteiger partial charge < -0.3 is 0 Å². The molecule has 0 radical (unpaired) electrons. The predicted molar refractivity (Wildman–Crippen MR) is 119 cm³/mol. The molecule has 0 bridgehead atoms. The maximum absolute atomic E-state index is 2.30. The van der Waals surface area contributed by atoms with Gasteiger partial charge in [-0.1, -0.05) is 111 Å². The minimum atomic E-state index is 0.507. The Labute approximate surface area is 158 Å². The van der Waals surface area contributed by atoms with Gasteiger partial charge in [0.05, 0.1) is 0 Å². The summed E-state index contributed by atoms with van der Waals surface area (Å²) < 4.78 is 0. The lowest BCUT2D eigenvalue weighted by molar-refractivity contribution is 0.275. The fraction of sp³-hybridized carbons (Fsp3) is 1.00. The second-order valence-corrected chi connectivity index (χ2v) is 11.2. The fourth-order valence-corrected chi connectivity index (χ4v) is 1.50. The second-order valence-electron chi connectivity index (χ2n) is 11.2. The van der Waals surface area contributed by atoms with E-state index in [4.69, 9.17) is 0 Å². The van der Waals surface area contributed by atoms with Crippen molar-refractivity contribution < 1.29 is 0 Å². The van der Waals surface area contributed by atoms with Crippen molar-refractivity contribution in [2.24, 2.45) is 21.7 Å². The van der Waals surface area contributed by atoms with E-state index in [0.717, 1.165) is 0 Å². The van der Waals surface area contributed by atoms with Crippen LogP contribution in [0.2, 0.25) is 0 Å². The molecular weight excluding hydrogens is 288 g/mol. The standard InChI is InChI=1S/2C10H22.2C2H6/c2*1-9(2,3)7-8-10(4,5)6;2*1-2/h2*7-8H2,1-6H3;2*1-2H3. The normalized spacial score (nSPS) is 12.0. The van der Waals surface area contributed by atoms with Gasteiger partial charge in [0.1, 0.15) is 0 Å². The van der Waals surface area contributed by atoms with Gasteiger partial charge in [-0.2, -0.15) is 0 Å². The maximum atomic E-state index is 2.30. The largest absolute Gasteiger partial charge is 0.0683 e. The van der Waals surface area contributed by atoms with Gasteiger partial charge in [0.2, 0.25) is 0 Å². The van der Waals surface area contributed by atoms with E-state index in [1.165, 1.54) is 25.7 Å². The first-order valence-electron chi connectivity index (χ1n) is 10.4. The summed E-state index contributed by atoms with van der Waals surface area (Å²) in [7, 11) is 0. The Bertz CT molecular complexity index is 175. The molecule has 0 aromatic heterocycles. The molecule has 0 fully saturated rings. The van der Waals surface area contributed by atoms with Crippen molar-refractivity contribution in [1.82, 2.24) is 0 Å². The average molecular weight is 345 g/mol. The summed E-state index contributed by atoms with van der Waals surface area (Å²) >= 11 is 0. The van der Waals surface area contributed by atoms with Crippen molar-refractivity contribution >= 4 is 0 Å². The highest BCUT2D eigenvalue weighted by molar-refractivity contribution is 4.69. The molecular formula is C24H56. The maximum Gasteiger partial charge on any atom is -0.0382 e. The van der Waals surface area contributed by atoms with Gasteiger partial charge >= 0.3 is 0 Å². The summed E-state index contributed by atoms with van der Waals surface area (Å²) in [6.45, 7) is 35.7. The molecule has 0 nitrogen and oxygen atoms in total. The number of hydrogen-bond donors (Lipinski definition) is 0. The van der Waals surface area contributed by atoms with Crippen LogP contribution in [0.3, 0.4) is 0 Å². The fourth-order valence-electron chi connectivity index (χ4n) is 1.50. The minimum Gasteiger partial charge on any atom is -0.0683 e. The van der Waals surface area contributed by atoms with E-state index in [2.05, 4.69) is 83.1 Å². The van der Waals surface area contributed by atoms with Crippen LogP contribution in [0.1, 0.15) is 136 Å². The Morgan fingerprint density at radius 3 is 0.417 bits per heavy atom. The molecule has 0 aliphatic carbocycles. The lowest BCUT2D eigenvalue weighted by Gasteiger charge is -2.24. The van der Waals surface area contributed by atoms with Gasteiger partial charge in [0.15, 0.2) is 0 Å². The molecule has 0 aromatic carbocycles. The van der Waals surface area contributed by atoms with Crippen LogP contribution in [0.4, 0.5) is 0 Å². The van der Waals surface area contributed by atoms with Crippen LogP contribution in [0.15, 0.2) is 0 Å². The van der Waals surface area contributed by atoms with Gasteiger partial charge in [0, 0.05) is 0 Å². The molecule has 0 N–H and O–H groups in total. The van der Waals surface area contributed by atoms with E-state index in [9.17, 15) is 0 Å². The van der Waals surface area contributed by atoms with Crippen molar-refractivity contribution in [3.05, 3.63) is 0 Å². The van der Waals surface area contributed by atoms with E-state index in [-0.39, 0.29) is 0 Å². The SMILES string of the molecule is CC.CC.CC(C)(C)CCC(C)(C)C.CC(C)(C)CCC(C)(C)C. The molecule has 0 aliphatic rings.